The summed E-state index contributed by atoms with van der Waals surface area (Å²) in [6.45, 7) is 6.46. The molecule has 0 bridgehead atoms. The number of hydrogen-bond donors (Lipinski definition) is 1. The summed E-state index contributed by atoms with van der Waals surface area (Å²) >= 11 is 1.96. The molecule has 1 unspecified atom stereocenters. The normalized spacial score (nSPS) is 27.9. The minimum atomic E-state index is 0.0561. The Morgan fingerprint density at radius 1 is 1.25 bits per heavy atom. The first-order valence-electron chi connectivity index (χ1n) is 7.82. The van der Waals surface area contributed by atoms with Crippen molar-refractivity contribution in [1.82, 2.24) is 10.3 Å². The van der Waals surface area contributed by atoms with Gasteiger partial charge in [-0.25, -0.2) is 4.98 Å². The van der Waals surface area contributed by atoms with Crippen LogP contribution in [0.4, 0.5) is 0 Å². The molecule has 3 nitrogen and oxygen atoms in total. The van der Waals surface area contributed by atoms with Gasteiger partial charge in [0, 0.05) is 18.5 Å². The van der Waals surface area contributed by atoms with E-state index in [1.54, 1.807) is 7.11 Å². The zero-order valence-corrected chi connectivity index (χ0v) is 13.7. The third-order valence-corrected chi connectivity index (χ3v) is 6.52. The van der Waals surface area contributed by atoms with Gasteiger partial charge in [0.05, 0.1) is 17.8 Å². The van der Waals surface area contributed by atoms with E-state index < -0.39 is 0 Å². The molecule has 0 aliphatic heterocycles. The largest absolute Gasteiger partial charge is 0.383 e. The molecule has 20 heavy (non-hydrogen) atoms. The first kappa shape index (κ1) is 14.5. The molecular formula is C16H26N2OS. The molecule has 1 atom stereocenters. The number of nitrogens with zero attached hydrogens (tertiary/aromatic N) is 1. The second-order valence-corrected chi connectivity index (χ2v) is 7.89. The molecule has 0 spiro atoms. The number of aromatic nitrogens is 1. The van der Waals surface area contributed by atoms with Gasteiger partial charge in [0.2, 0.25) is 0 Å². The van der Waals surface area contributed by atoms with Gasteiger partial charge in [-0.2, -0.15) is 0 Å². The number of rotatable bonds is 5. The molecule has 2 aliphatic carbocycles. The van der Waals surface area contributed by atoms with Crippen molar-refractivity contribution in [2.75, 3.05) is 20.3 Å². The maximum atomic E-state index is 5.23. The van der Waals surface area contributed by atoms with E-state index in [2.05, 4.69) is 19.2 Å². The minimum Gasteiger partial charge on any atom is -0.383 e. The van der Waals surface area contributed by atoms with Crippen molar-refractivity contribution in [1.29, 1.82) is 0 Å². The molecule has 0 amide bonds. The molecule has 1 N–H and O–H groups in total. The predicted molar refractivity (Wildman–Crippen MR) is 83.3 cm³/mol. The van der Waals surface area contributed by atoms with Crippen LogP contribution >= 0.6 is 11.3 Å². The highest BCUT2D eigenvalue weighted by atomic mass is 32.1. The number of thiazole rings is 1. The molecule has 3 rings (SSSR count). The summed E-state index contributed by atoms with van der Waals surface area (Å²) in [7, 11) is 1.77. The molecule has 1 aromatic heterocycles. The summed E-state index contributed by atoms with van der Waals surface area (Å²) in [5.41, 5.74) is 1.70. The lowest BCUT2D eigenvalue weighted by molar-refractivity contribution is 0.129. The van der Waals surface area contributed by atoms with Crippen LogP contribution in [-0.2, 0) is 23.1 Å². The highest BCUT2D eigenvalue weighted by Crippen LogP contribution is 2.53. The second-order valence-electron chi connectivity index (χ2n) is 6.80. The monoisotopic (exact) mass is 294 g/mol. The zero-order chi connectivity index (χ0) is 14.2. The number of nitrogens with one attached hydrogen (secondary N) is 1. The number of ether oxygens (including phenoxy) is 1. The zero-order valence-electron chi connectivity index (χ0n) is 12.9. The molecule has 4 heteroatoms. The van der Waals surface area contributed by atoms with Gasteiger partial charge >= 0.3 is 0 Å². The Labute approximate surface area is 126 Å². The Balaban J connectivity index is 1.92. The molecular weight excluding hydrogens is 268 g/mol. The summed E-state index contributed by atoms with van der Waals surface area (Å²) in [6, 6.07) is 0. The SMILES string of the molecule is COCCNC1(c2nc3c(s2)CCC3)CCCC1(C)C. The van der Waals surface area contributed by atoms with Crippen molar-refractivity contribution in [3.63, 3.8) is 0 Å². The predicted octanol–water partition coefficient (Wildman–Crippen LogP) is 3.27. The lowest BCUT2D eigenvalue weighted by Crippen LogP contribution is -2.51. The van der Waals surface area contributed by atoms with E-state index in [9.17, 15) is 0 Å². The van der Waals surface area contributed by atoms with Gasteiger partial charge in [0.25, 0.3) is 0 Å². The topological polar surface area (TPSA) is 34.1 Å². The van der Waals surface area contributed by atoms with Gasteiger partial charge in [-0.3, -0.25) is 0 Å². The Morgan fingerprint density at radius 3 is 2.75 bits per heavy atom. The van der Waals surface area contributed by atoms with Gasteiger partial charge in [-0.15, -0.1) is 11.3 Å². The van der Waals surface area contributed by atoms with E-state index in [1.165, 1.54) is 54.1 Å². The van der Waals surface area contributed by atoms with E-state index >= 15 is 0 Å². The van der Waals surface area contributed by atoms with E-state index in [4.69, 9.17) is 9.72 Å². The number of fused-ring (bicyclic) bond motifs is 1. The maximum Gasteiger partial charge on any atom is 0.114 e. The lowest BCUT2D eigenvalue weighted by atomic mass is 9.75. The van der Waals surface area contributed by atoms with Crippen molar-refractivity contribution < 1.29 is 4.74 Å². The summed E-state index contributed by atoms with van der Waals surface area (Å²) in [4.78, 5) is 6.57. The molecule has 1 aromatic rings. The highest BCUT2D eigenvalue weighted by Gasteiger charge is 2.51. The minimum absolute atomic E-state index is 0.0561. The molecule has 1 heterocycles. The molecule has 0 radical (unpaired) electrons. The van der Waals surface area contributed by atoms with Crippen LogP contribution in [0.1, 0.15) is 55.1 Å². The maximum absolute atomic E-state index is 5.23. The number of methoxy groups -OCH3 is 1. The van der Waals surface area contributed by atoms with Gasteiger partial charge in [0.15, 0.2) is 0 Å². The fraction of sp³-hybridized carbons (Fsp3) is 0.812. The van der Waals surface area contributed by atoms with Crippen LogP contribution in [0, 0.1) is 5.41 Å². The van der Waals surface area contributed by atoms with E-state index in [-0.39, 0.29) is 11.0 Å². The Bertz CT molecular complexity index is 461. The molecule has 0 saturated heterocycles. The summed E-state index contributed by atoms with van der Waals surface area (Å²) in [5.74, 6) is 0. The van der Waals surface area contributed by atoms with Gasteiger partial charge in [-0.05, 0) is 37.5 Å². The van der Waals surface area contributed by atoms with E-state index in [0.29, 0.717) is 0 Å². The van der Waals surface area contributed by atoms with Gasteiger partial charge < -0.3 is 10.1 Å². The van der Waals surface area contributed by atoms with Crippen molar-refractivity contribution >= 4 is 11.3 Å². The Hall–Kier alpha value is -0.450. The quantitative estimate of drug-likeness (QED) is 0.846. The fourth-order valence-electron chi connectivity index (χ4n) is 3.89. The van der Waals surface area contributed by atoms with Crippen LogP contribution in [0.5, 0.6) is 0 Å². The third kappa shape index (κ3) is 2.22. The molecule has 2 aliphatic rings. The average molecular weight is 294 g/mol. The fourth-order valence-corrected chi connectivity index (χ4v) is 5.41. The van der Waals surface area contributed by atoms with Crippen LogP contribution in [0.2, 0.25) is 0 Å². The standard InChI is InChI=1S/C16H26N2OS/c1-15(2)8-5-9-16(15,17-10-11-19-3)14-18-12-6-4-7-13(12)20-14/h17H,4-11H2,1-3H3. The van der Waals surface area contributed by atoms with Gasteiger partial charge in [0.1, 0.15) is 5.01 Å². The van der Waals surface area contributed by atoms with Crippen molar-refractivity contribution in [3.8, 4) is 0 Å². The molecule has 1 fully saturated rings. The van der Waals surface area contributed by atoms with Gasteiger partial charge in [-0.1, -0.05) is 20.3 Å². The summed E-state index contributed by atoms with van der Waals surface area (Å²) in [5, 5.41) is 5.15. The molecule has 112 valence electrons. The smallest absolute Gasteiger partial charge is 0.114 e. The summed E-state index contributed by atoms with van der Waals surface area (Å²) < 4.78 is 5.23. The van der Waals surface area contributed by atoms with E-state index in [1.807, 2.05) is 11.3 Å². The van der Waals surface area contributed by atoms with Crippen LogP contribution in [0.25, 0.3) is 0 Å². The Kier molecular flexibility index (Phi) is 3.91. The summed E-state index contributed by atoms with van der Waals surface area (Å²) in [6.07, 6.45) is 7.48. The van der Waals surface area contributed by atoms with Crippen molar-refractivity contribution in [2.24, 2.45) is 5.41 Å². The third-order valence-electron chi connectivity index (χ3n) is 5.20. The van der Waals surface area contributed by atoms with Crippen LogP contribution in [0.3, 0.4) is 0 Å². The van der Waals surface area contributed by atoms with Crippen LogP contribution in [-0.4, -0.2) is 25.2 Å². The van der Waals surface area contributed by atoms with Crippen molar-refractivity contribution in [2.45, 2.75) is 57.9 Å². The Morgan fingerprint density at radius 2 is 2.10 bits per heavy atom. The average Bonchev–Trinajstić information content (AvgIpc) is 3.03. The second kappa shape index (κ2) is 5.39. The highest BCUT2D eigenvalue weighted by molar-refractivity contribution is 7.12. The number of hydrogen-bond acceptors (Lipinski definition) is 4. The molecule has 0 aromatic carbocycles. The van der Waals surface area contributed by atoms with Crippen LogP contribution in [0.15, 0.2) is 0 Å². The number of aryl methyl sites for hydroxylation is 2. The lowest BCUT2D eigenvalue weighted by Gasteiger charge is -2.41. The first-order chi connectivity index (χ1) is 9.59. The van der Waals surface area contributed by atoms with Crippen molar-refractivity contribution in [3.05, 3.63) is 15.6 Å². The van der Waals surface area contributed by atoms with Crippen LogP contribution < -0.4 is 5.32 Å². The molecule has 1 saturated carbocycles. The van der Waals surface area contributed by atoms with E-state index in [0.717, 1.165) is 13.2 Å². The first-order valence-corrected chi connectivity index (χ1v) is 8.64.